The summed E-state index contributed by atoms with van der Waals surface area (Å²) in [4.78, 5) is 18.8. The molecular formula is C16H15ClN2O2. The van der Waals surface area contributed by atoms with Gasteiger partial charge in [0.1, 0.15) is 5.15 Å². The van der Waals surface area contributed by atoms with Crippen molar-refractivity contribution < 1.29 is 9.53 Å². The maximum atomic E-state index is 12.7. The van der Waals surface area contributed by atoms with E-state index >= 15 is 0 Å². The second kappa shape index (κ2) is 4.42. The highest BCUT2D eigenvalue weighted by Crippen LogP contribution is 2.39. The first-order valence-electron chi connectivity index (χ1n) is 7.01. The number of carbonyl (C=O) groups excluding carboxylic acids is 1. The molecule has 21 heavy (non-hydrogen) atoms. The Hall–Kier alpha value is -1.65. The molecule has 5 heteroatoms. The van der Waals surface area contributed by atoms with E-state index in [4.69, 9.17) is 16.3 Å². The van der Waals surface area contributed by atoms with Gasteiger partial charge in [-0.3, -0.25) is 4.79 Å². The van der Waals surface area contributed by atoms with Gasteiger partial charge in [-0.2, -0.15) is 0 Å². The van der Waals surface area contributed by atoms with Gasteiger partial charge in [0.2, 0.25) is 0 Å². The van der Waals surface area contributed by atoms with Gasteiger partial charge in [-0.25, -0.2) is 4.98 Å². The van der Waals surface area contributed by atoms with Crippen LogP contribution in [0.25, 0.3) is 10.8 Å². The zero-order valence-corrected chi connectivity index (χ0v) is 12.5. The lowest BCUT2D eigenvalue weighted by atomic mass is 9.77. The van der Waals surface area contributed by atoms with E-state index in [1.54, 1.807) is 6.20 Å². The minimum Gasteiger partial charge on any atom is -0.380 e. The van der Waals surface area contributed by atoms with Crippen LogP contribution in [0.15, 0.2) is 24.4 Å². The van der Waals surface area contributed by atoms with Crippen LogP contribution >= 0.6 is 11.6 Å². The van der Waals surface area contributed by atoms with E-state index in [9.17, 15) is 4.79 Å². The van der Waals surface area contributed by atoms with Crippen LogP contribution in [0.5, 0.6) is 0 Å². The van der Waals surface area contributed by atoms with Crippen molar-refractivity contribution in [2.75, 3.05) is 26.3 Å². The molecule has 0 radical (unpaired) electrons. The van der Waals surface area contributed by atoms with E-state index in [-0.39, 0.29) is 11.3 Å². The molecule has 1 aromatic heterocycles. The van der Waals surface area contributed by atoms with Gasteiger partial charge in [-0.1, -0.05) is 29.8 Å². The van der Waals surface area contributed by atoms with Crippen molar-refractivity contribution in [1.29, 1.82) is 0 Å². The van der Waals surface area contributed by atoms with Crippen LogP contribution in [0.2, 0.25) is 5.15 Å². The summed E-state index contributed by atoms with van der Waals surface area (Å²) in [5, 5.41) is 2.19. The number of pyridine rings is 1. The lowest BCUT2D eigenvalue weighted by molar-refractivity contribution is -0.176. The topological polar surface area (TPSA) is 42.4 Å². The van der Waals surface area contributed by atoms with Gasteiger partial charge >= 0.3 is 0 Å². The largest absolute Gasteiger partial charge is 0.380 e. The molecule has 0 N–H and O–H groups in total. The van der Waals surface area contributed by atoms with Gasteiger partial charge in [0.05, 0.1) is 24.2 Å². The summed E-state index contributed by atoms with van der Waals surface area (Å²) in [6.07, 6.45) is 1.60. The number of aromatic nitrogens is 1. The highest BCUT2D eigenvalue weighted by atomic mass is 35.5. The van der Waals surface area contributed by atoms with E-state index < -0.39 is 0 Å². The minimum atomic E-state index is 0.0380. The number of amides is 1. The molecule has 0 bridgehead atoms. The first-order valence-corrected chi connectivity index (χ1v) is 7.38. The second-order valence-corrected chi connectivity index (χ2v) is 6.47. The maximum Gasteiger partial charge on any atom is 0.256 e. The zero-order valence-electron chi connectivity index (χ0n) is 11.7. The summed E-state index contributed by atoms with van der Waals surface area (Å²) in [7, 11) is 0. The predicted molar refractivity (Wildman–Crippen MR) is 80.6 cm³/mol. The first-order chi connectivity index (χ1) is 10.1. The number of carbonyl (C=O) groups is 1. The number of nitrogens with zero attached hydrogens (tertiary/aromatic N) is 2. The molecule has 3 heterocycles. The number of fused-ring (bicyclic) bond motifs is 1. The Labute approximate surface area is 127 Å². The van der Waals surface area contributed by atoms with Crippen LogP contribution in [0.1, 0.15) is 15.9 Å². The fourth-order valence-corrected chi connectivity index (χ4v) is 3.47. The Morgan fingerprint density at radius 1 is 1.38 bits per heavy atom. The highest BCUT2D eigenvalue weighted by Gasteiger charge is 2.50. The summed E-state index contributed by atoms with van der Waals surface area (Å²) in [5.41, 5.74) is 1.91. The first kappa shape index (κ1) is 13.0. The third kappa shape index (κ3) is 1.86. The molecule has 2 fully saturated rings. The van der Waals surface area contributed by atoms with Crippen LogP contribution in [0.3, 0.4) is 0 Å². The Morgan fingerprint density at radius 3 is 2.81 bits per heavy atom. The van der Waals surface area contributed by atoms with Crippen LogP contribution in [0.4, 0.5) is 0 Å². The van der Waals surface area contributed by atoms with Crippen molar-refractivity contribution in [3.8, 4) is 0 Å². The number of halogens is 1. The van der Waals surface area contributed by atoms with Crippen LogP contribution in [0, 0.1) is 12.3 Å². The van der Waals surface area contributed by atoms with Crippen molar-refractivity contribution in [1.82, 2.24) is 9.88 Å². The summed E-state index contributed by atoms with van der Waals surface area (Å²) < 4.78 is 5.25. The number of hydrogen-bond donors (Lipinski definition) is 0. The van der Waals surface area contributed by atoms with Crippen LogP contribution < -0.4 is 0 Å². The Morgan fingerprint density at radius 2 is 2.14 bits per heavy atom. The normalized spacial score (nSPS) is 19.4. The minimum absolute atomic E-state index is 0.0380. The smallest absolute Gasteiger partial charge is 0.256 e. The molecule has 4 rings (SSSR count). The number of ether oxygens (including phenoxy) is 1. The van der Waals surface area contributed by atoms with Gasteiger partial charge in [0, 0.05) is 30.1 Å². The van der Waals surface area contributed by atoms with E-state index in [0.29, 0.717) is 10.7 Å². The van der Waals surface area contributed by atoms with E-state index in [1.807, 2.05) is 30.0 Å². The molecule has 0 aliphatic carbocycles. The summed E-state index contributed by atoms with van der Waals surface area (Å²) in [5.74, 6) is 0.0380. The van der Waals surface area contributed by atoms with E-state index in [1.165, 1.54) is 0 Å². The molecule has 0 unspecified atom stereocenters. The summed E-state index contributed by atoms with van der Waals surface area (Å²) >= 11 is 6.16. The lowest BCUT2D eigenvalue weighted by Crippen LogP contribution is -2.67. The molecule has 0 atom stereocenters. The van der Waals surface area contributed by atoms with Gasteiger partial charge in [-0.15, -0.1) is 0 Å². The fraction of sp³-hybridized carbons (Fsp3) is 0.375. The predicted octanol–water partition coefficient (Wildman–Crippen LogP) is 2.67. The molecule has 0 saturated carbocycles. The molecule has 1 amide bonds. The van der Waals surface area contributed by atoms with Crippen molar-refractivity contribution in [3.05, 3.63) is 40.7 Å². The molecule has 2 aliphatic heterocycles. The SMILES string of the molecule is Cc1cccc2c(Cl)ncc(C(=O)N3CC4(COC4)C3)c12. The van der Waals surface area contributed by atoms with Crippen molar-refractivity contribution in [3.63, 3.8) is 0 Å². The van der Waals surface area contributed by atoms with Crippen molar-refractivity contribution in [2.45, 2.75) is 6.92 Å². The summed E-state index contributed by atoms with van der Waals surface area (Å²) in [6.45, 7) is 5.10. The maximum absolute atomic E-state index is 12.7. The van der Waals surface area contributed by atoms with Gasteiger partial charge < -0.3 is 9.64 Å². The average Bonchev–Trinajstić information content (AvgIpc) is 2.36. The van der Waals surface area contributed by atoms with Crippen molar-refractivity contribution in [2.24, 2.45) is 5.41 Å². The number of aryl methyl sites for hydroxylation is 1. The average molecular weight is 303 g/mol. The Balaban J connectivity index is 1.73. The van der Waals surface area contributed by atoms with Crippen LogP contribution in [-0.2, 0) is 4.74 Å². The second-order valence-electron chi connectivity index (χ2n) is 6.11. The third-order valence-electron chi connectivity index (χ3n) is 4.46. The molecule has 108 valence electrons. The van der Waals surface area contributed by atoms with Crippen molar-refractivity contribution >= 4 is 28.3 Å². The number of benzene rings is 1. The molecule has 2 aliphatic rings. The highest BCUT2D eigenvalue weighted by molar-refractivity contribution is 6.35. The molecule has 1 spiro atoms. The fourth-order valence-electron chi connectivity index (χ4n) is 3.27. The molecule has 4 nitrogen and oxygen atoms in total. The third-order valence-corrected chi connectivity index (χ3v) is 4.76. The molecular weight excluding hydrogens is 288 g/mol. The number of rotatable bonds is 1. The quantitative estimate of drug-likeness (QED) is 0.761. The molecule has 2 saturated heterocycles. The van der Waals surface area contributed by atoms with Gasteiger partial charge in [0.15, 0.2) is 0 Å². The number of hydrogen-bond acceptors (Lipinski definition) is 3. The monoisotopic (exact) mass is 302 g/mol. The lowest BCUT2D eigenvalue weighted by Gasteiger charge is -2.54. The van der Waals surface area contributed by atoms with E-state index in [0.717, 1.165) is 42.6 Å². The van der Waals surface area contributed by atoms with Gasteiger partial charge in [0.25, 0.3) is 5.91 Å². The molecule has 2 aromatic rings. The van der Waals surface area contributed by atoms with Gasteiger partial charge in [-0.05, 0) is 12.5 Å². The standard InChI is InChI=1S/C16H15ClN2O2/c1-10-3-2-4-11-13(10)12(5-18-14(11)17)15(20)19-6-16(7-19)8-21-9-16/h2-5H,6-9H2,1H3. The van der Waals surface area contributed by atoms with E-state index in [2.05, 4.69) is 4.98 Å². The Kier molecular flexibility index (Phi) is 2.75. The van der Waals surface area contributed by atoms with Crippen LogP contribution in [-0.4, -0.2) is 42.1 Å². The Bertz CT molecular complexity index is 747. The summed E-state index contributed by atoms with van der Waals surface area (Å²) in [6, 6.07) is 5.84. The number of likely N-dealkylation sites (tertiary alicyclic amines) is 1. The zero-order chi connectivity index (χ0) is 14.6. The molecule has 1 aromatic carbocycles.